The largest absolute Gasteiger partial charge is 0.464 e. The second kappa shape index (κ2) is 6.18. The van der Waals surface area contributed by atoms with E-state index in [1.54, 1.807) is 0 Å². The molecule has 2 N–H and O–H groups in total. The Morgan fingerprint density at radius 2 is 1.31 bits per heavy atom. The van der Waals surface area contributed by atoms with Gasteiger partial charge < -0.3 is 19.4 Å². The van der Waals surface area contributed by atoms with Crippen molar-refractivity contribution in [3.8, 4) is 6.07 Å². The number of hydrogen-bond donors (Lipinski definition) is 2. The van der Waals surface area contributed by atoms with Crippen LogP contribution in [0.25, 0.3) is 21.8 Å². The molecule has 0 spiro atoms. The molecule has 0 aliphatic heterocycles. The maximum atomic E-state index is 12.3. The van der Waals surface area contributed by atoms with Crippen molar-refractivity contribution in [3.05, 3.63) is 55.6 Å². The number of carbonyl (C=O) groups is 2. The number of nitrogens with one attached hydrogen (secondary N) is 2. The molecule has 2 aromatic heterocycles. The van der Waals surface area contributed by atoms with Crippen molar-refractivity contribution in [2.24, 2.45) is 0 Å². The first-order valence-corrected chi connectivity index (χ1v) is 7.25. The van der Waals surface area contributed by atoms with Gasteiger partial charge in [-0.25, -0.2) is 9.59 Å². The lowest BCUT2D eigenvalue weighted by Gasteiger charge is -2.09. The van der Waals surface area contributed by atoms with Crippen molar-refractivity contribution >= 4 is 33.7 Å². The number of carbonyl (C=O) groups excluding carboxylic acids is 2. The molecule has 0 amide bonds. The average Bonchev–Trinajstić information content (AvgIpc) is 2.65. The van der Waals surface area contributed by atoms with Crippen molar-refractivity contribution in [1.82, 2.24) is 9.97 Å². The minimum absolute atomic E-state index is 0.0468. The third-order valence-electron chi connectivity index (χ3n) is 3.85. The van der Waals surface area contributed by atoms with Crippen molar-refractivity contribution in [2.75, 3.05) is 14.2 Å². The van der Waals surface area contributed by atoms with Crippen LogP contribution in [-0.4, -0.2) is 36.1 Å². The van der Waals surface area contributed by atoms with Crippen LogP contribution >= 0.6 is 0 Å². The lowest BCUT2D eigenvalue weighted by atomic mass is 10.0. The molecule has 3 aromatic rings. The van der Waals surface area contributed by atoms with Crippen LogP contribution in [0.3, 0.4) is 0 Å². The van der Waals surface area contributed by atoms with Gasteiger partial charge in [0.05, 0.1) is 25.3 Å². The number of fused-ring (bicyclic) bond motifs is 2. The van der Waals surface area contributed by atoms with Crippen LogP contribution in [0, 0.1) is 11.3 Å². The Bertz CT molecular complexity index is 1160. The average molecular weight is 353 g/mol. The quantitative estimate of drug-likeness (QED) is 0.513. The van der Waals surface area contributed by atoms with Gasteiger partial charge in [-0.2, -0.15) is 5.26 Å². The molecule has 0 aliphatic carbocycles. The minimum atomic E-state index is -0.787. The van der Waals surface area contributed by atoms with E-state index >= 15 is 0 Å². The van der Waals surface area contributed by atoms with Gasteiger partial charge in [-0.15, -0.1) is 0 Å². The van der Waals surface area contributed by atoms with Crippen molar-refractivity contribution in [2.45, 2.75) is 0 Å². The number of H-pyrrole nitrogens is 2. The van der Waals surface area contributed by atoms with Gasteiger partial charge in [0, 0.05) is 22.9 Å². The first-order chi connectivity index (χ1) is 12.4. The van der Waals surface area contributed by atoms with Crippen molar-refractivity contribution in [1.29, 1.82) is 5.26 Å². The molecule has 0 saturated heterocycles. The summed E-state index contributed by atoms with van der Waals surface area (Å²) < 4.78 is 9.15. The number of pyridine rings is 2. The summed E-state index contributed by atoms with van der Waals surface area (Å²) in [7, 11) is 2.30. The molecule has 3 rings (SSSR count). The monoisotopic (exact) mass is 353 g/mol. The van der Waals surface area contributed by atoms with Crippen LogP contribution in [0.1, 0.15) is 26.5 Å². The van der Waals surface area contributed by atoms with Gasteiger partial charge in [0.2, 0.25) is 0 Å². The molecule has 0 fully saturated rings. The molecule has 9 nitrogen and oxygen atoms in total. The van der Waals surface area contributed by atoms with Gasteiger partial charge >= 0.3 is 11.9 Å². The second-order valence-corrected chi connectivity index (χ2v) is 5.29. The van der Waals surface area contributed by atoms with Crippen LogP contribution in [0.2, 0.25) is 0 Å². The summed E-state index contributed by atoms with van der Waals surface area (Å²) in [5, 5.41) is 9.67. The number of ether oxygens (including phenoxy) is 2. The second-order valence-electron chi connectivity index (χ2n) is 5.29. The molecule has 0 radical (unpaired) electrons. The van der Waals surface area contributed by atoms with Gasteiger partial charge in [0.1, 0.15) is 23.0 Å². The highest BCUT2D eigenvalue weighted by Crippen LogP contribution is 2.22. The van der Waals surface area contributed by atoms with Gasteiger partial charge in [-0.05, 0) is 6.07 Å². The zero-order valence-corrected chi connectivity index (χ0v) is 13.6. The van der Waals surface area contributed by atoms with E-state index in [2.05, 4.69) is 19.4 Å². The van der Waals surface area contributed by atoms with Crippen LogP contribution in [0.4, 0.5) is 0 Å². The lowest BCUT2D eigenvalue weighted by molar-refractivity contribution is 0.0586. The van der Waals surface area contributed by atoms with E-state index in [1.165, 1.54) is 6.07 Å². The number of nitrogens with zero attached hydrogens (tertiary/aromatic N) is 1. The maximum Gasteiger partial charge on any atom is 0.354 e. The van der Waals surface area contributed by atoms with Crippen LogP contribution in [0.15, 0.2) is 27.8 Å². The molecular weight excluding hydrogens is 342 g/mol. The highest BCUT2D eigenvalue weighted by Gasteiger charge is 2.18. The first kappa shape index (κ1) is 16.9. The van der Waals surface area contributed by atoms with E-state index in [0.717, 1.165) is 26.4 Å². The predicted molar refractivity (Wildman–Crippen MR) is 90.1 cm³/mol. The number of esters is 2. The predicted octanol–water partition coefficient (Wildman–Crippen LogP) is 0.814. The molecule has 0 bridgehead atoms. The van der Waals surface area contributed by atoms with E-state index in [9.17, 15) is 24.4 Å². The maximum absolute atomic E-state index is 12.3. The van der Waals surface area contributed by atoms with Crippen molar-refractivity contribution in [3.63, 3.8) is 0 Å². The summed E-state index contributed by atoms with van der Waals surface area (Å²) in [4.78, 5) is 53.5. The Balaban J connectivity index is 2.52. The van der Waals surface area contributed by atoms with E-state index in [1.807, 2.05) is 6.07 Å². The summed E-state index contributed by atoms with van der Waals surface area (Å²) >= 11 is 0. The zero-order chi connectivity index (χ0) is 19.0. The summed E-state index contributed by atoms with van der Waals surface area (Å²) in [6, 6.07) is 5.24. The number of hydrogen-bond acceptors (Lipinski definition) is 7. The number of methoxy groups -OCH3 is 2. The van der Waals surface area contributed by atoms with Crippen LogP contribution < -0.4 is 10.9 Å². The Labute approximate surface area is 144 Å². The summed E-state index contributed by atoms with van der Waals surface area (Å²) in [6.45, 7) is 0. The van der Waals surface area contributed by atoms with Gasteiger partial charge in [-0.3, -0.25) is 9.59 Å². The molecule has 0 saturated carbocycles. The lowest BCUT2D eigenvalue weighted by Crippen LogP contribution is -2.15. The summed E-state index contributed by atoms with van der Waals surface area (Å²) in [6.07, 6.45) is 0. The molecule has 1 aromatic carbocycles. The van der Waals surface area contributed by atoms with E-state index in [0.29, 0.717) is 0 Å². The molecule has 0 unspecified atom stereocenters. The fraction of sp³-hybridized carbons (Fsp3) is 0.118. The number of aromatic nitrogens is 2. The van der Waals surface area contributed by atoms with Gasteiger partial charge in [0.25, 0.3) is 0 Å². The smallest absolute Gasteiger partial charge is 0.354 e. The van der Waals surface area contributed by atoms with E-state index in [-0.39, 0.29) is 38.8 Å². The third-order valence-corrected chi connectivity index (χ3v) is 3.85. The van der Waals surface area contributed by atoms with Crippen LogP contribution in [0.5, 0.6) is 0 Å². The molecule has 0 atom stereocenters. The standard InChI is InChI=1S/C17H11N3O6/c1-25-16(23)10-4-12(21)7-3-8-13(22)5-11(17(24)26-2)20-15(8)9(6-18)14(7)19-10/h3-5H,1-2H3,(H,19,21)(H,20,22). The van der Waals surface area contributed by atoms with Crippen molar-refractivity contribution < 1.29 is 19.1 Å². The Morgan fingerprint density at radius 1 is 0.885 bits per heavy atom. The molecule has 130 valence electrons. The number of benzene rings is 1. The van der Waals surface area contributed by atoms with Gasteiger partial charge in [-0.1, -0.05) is 0 Å². The number of nitriles is 1. The first-order valence-electron chi connectivity index (χ1n) is 7.25. The highest BCUT2D eigenvalue weighted by molar-refractivity contribution is 6.03. The fourth-order valence-corrected chi connectivity index (χ4v) is 2.64. The fourth-order valence-electron chi connectivity index (χ4n) is 2.64. The molecule has 0 aliphatic rings. The Kier molecular flexibility index (Phi) is 4.02. The topological polar surface area (TPSA) is 142 Å². The summed E-state index contributed by atoms with van der Waals surface area (Å²) in [5.74, 6) is -1.57. The Morgan fingerprint density at radius 3 is 1.65 bits per heavy atom. The number of aromatic amines is 2. The Hall–Kier alpha value is -3.93. The SMILES string of the molecule is COC(=O)c1cc(=O)c2cc3c(=O)cc(C(=O)OC)[nH]c3c(C#N)c2[nH]1. The molecule has 26 heavy (non-hydrogen) atoms. The normalized spacial score (nSPS) is 10.5. The zero-order valence-electron chi connectivity index (χ0n) is 13.6. The minimum Gasteiger partial charge on any atom is -0.464 e. The van der Waals surface area contributed by atoms with E-state index in [4.69, 9.17) is 0 Å². The molecular formula is C17H11N3O6. The highest BCUT2D eigenvalue weighted by atomic mass is 16.5. The van der Waals surface area contributed by atoms with E-state index < -0.39 is 22.8 Å². The number of rotatable bonds is 2. The van der Waals surface area contributed by atoms with Crippen LogP contribution in [-0.2, 0) is 9.47 Å². The molecule has 9 heteroatoms. The third kappa shape index (κ3) is 2.50. The summed E-state index contributed by atoms with van der Waals surface area (Å²) in [5.41, 5.74) is -1.41. The molecule has 2 heterocycles. The van der Waals surface area contributed by atoms with Gasteiger partial charge in [0.15, 0.2) is 10.9 Å².